The number of rotatable bonds is 1. The molecule has 1 aromatic rings. The van der Waals surface area contributed by atoms with Gasteiger partial charge in [0.05, 0.1) is 18.3 Å². The second-order valence-electron chi connectivity index (χ2n) is 5.15. The predicted molar refractivity (Wildman–Crippen MR) is 64.0 cm³/mol. The Morgan fingerprint density at radius 3 is 2.83 bits per heavy atom. The van der Waals surface area contributed by atoms with Crippen molar-refractivity contribution in [1.82, 2.24) is 0 Å². The van der Waals surface area contributed by atoms with Crippen LogP contribution in [0.15, 0.2) is 18.2 Å². The van der Waals surface area contributed by atoms with Gasteiger partial charge in [-0.2, -0.15) is 0 Å². The van der Waals surface area contributed by atoms with E-state index in [1.54, 1.807) is 6.07 Å². The summed E-state index contributed by atoms with van der Waals surface area (Å²) in [5.74, 6) is 0.226. The fourth-order valence-corrected chi connectivity index (χ4v) is 2.78. The van der Waals surface area contributed by atoms with Crippen molar-refractivity contribution < 1.29 is 19.0 Å². The van der Waals surface area contributed by atoms with E-state index in [4.69, 9.17) is 9.47 Å². The Morgan fingerprint density at radius 1 is 1.28 bits per heavy atom. The van der Waals surface area contributed by atoms with Crippen molar-refractivity contribution in [3.63, 3.8) is 0 Å². The van der Waals surface area contributed by atoms with Crippen LogP contribution in [0.2, 0.25) is 0 Å². The van der Waals surface area contributed by atoms with Gasteiger partial charge in [-0.25, -0.2) is 4.39 Å². The van der Waals surface area contributed by atoms with E-state index in [-0.39, 0.29) is 24.1 Å². The number of aliphatic hydroxyl groups is 1. The van der Waals surface area contributed by atoms with Crippen LogP contribution in [0.3, 0.4) is 0 Å². The van der Waals surface area contributed by atoms with E-state index in [1.165, 1.54) is 12.1 Å². The van der Waals surface area contributed by atoms with Gasteiger partial charge in [0.25, 0.3) is 0 Å². The Bertz CT molecular complexity index is 449. The third-order valence-corrected chi connectivity index (χ3v) is 3.74. The molecule has 18 heavy (non-hydrogen) atoms. The van der Waals surface area contributed by atoms with Gasteiger partial charge in [0.15, 0.2) is 0 Å². The van der Waals surface area contributed by atoms with Crippen molar-refractivity contribution in [1.29, 1.82) is 0 Å². The van der Waals surface area contributed by atoms with Crippen molar-refractivity contribution in [3.8, 4) is 5.75 Å². The summed E-state index contributed by atoms with van der Waals surface area (Å²) in [6, 6.07) is 4.28. The van der Waals surface area contributed by atoms with Crippen LogP contribution in [0.4, 0.5) is 4.39 Å². The maximum absolute atomic E-state index is 13.1. The molecule has 1 saturated heterocycles. The van der Waals surface area contributed by atoms with Gasteiger partial charge in [-0.1, -0.05) is 0 Å². The summed E-state index contributed by atoms with van der Waals surface area (Å²) >= 11 is 0. The van der Waals surface area contributed by atoms with E-state index in [1.807, 2.05) is 6.92 Å². The highest BCUT2D eigenvalue weighted by Crippen LogP contribution is 2.38. The summed E-state index contributed by atoms with van der Waals surface area (Å²) in [6.45, 7) is 2.04. The lowest BCUT2D eigenvalue weighted by Crippen LogP contribution is -2.36. The molecule has 3 nitrogen and oxygen atoms in total. The van der Waals surface area contributed by atoms with Crippen LogP contribution in [0.5, 0.6) is 5.75 Å². The molecule has 1 aromatic carbocycles. The first-order valence-electron chi connectivity index (χ1n) is 6.43. The molecule has 0 aromatic heterocycles. The highest BCUT2D eigenvalue weighted by atomic mass is 19.1. The zero-order valence-corrected chi connectivity index (χ0v) is 10.3. The van der Waals surface area contributed by atoms with Gasteiger partial charge in [0.1, 0.15) is 17.7 Å². The average Bonchev–Trinajstić information content (AvgIpc) is 2.77. The average molecular weight is 252 g/mol. The minimum Gasteiger partial charge on any atom is -0.487 e. The van der Waals surface area contributed by atoms with E-state index >= 15 is 0 Å². The number of ether oxygens (including phenoxy) is 2. The van der Waals surface area contributed by atoms with E-state index < -0.39 is 6.10 Å². The smallest absolute Gasteiger partial charge is 0.128 e. The van der Waals surface area contributed by atoms with Gasteiger partial charge < -0.3 is 14.6 Å². The third kappa shape index (κ3) is 2.10. The van der Waals surface area contributed by atoms with Crippen molar-refractivity contribution in [2.45, 2.75) is 50.6 Å². The van der Waals surface area contributed by atoms with E-state index in [2.05, 4.69) is 0 Å². The second-order valence-corrected chi connectivity index (χ2v) is 5.15. The predicted octanol–water partition coefficient (Wildman–Crippen LogP) is 2.58. The Labute approximate surface area is 106 Å². The van der Waals surface area contributed by atoms with Crippen molar-refractivity contribution >= 4 is 0 Å². The normalized spacial score (nSPS) is 35.1. The first-order chi connectivity index (χ1) is 8.63. The summed E-state index contributed by atoms with van der Waals surface area (Å²) < 4.78 is 24.7. The molecule has 3 unspecified atom stereocenters. The van der Waals surface area contributed by atoms with Gasteiger partial charge in [-0.15, -0.1) is 0 Å². The number of hydrogen-bond acceptors (Lipinski definition) is 3. The van der Waals surface area contributed by atoms with Crippen LogP contribution in [0.1, 0.15) is 37.9 Å². The van der Waals surface area contributed by atoms with Gasteiger partial charge in [-0.3, -0.25) is 0 Å². The largest absolute Gasteiger partial charge is 0.487 e. The van der Waals surface area contributed by atoms with Crippen LogP contribution >= 0.6 is 0 Å². The molecule has 2 heterocycles. The highest BCUT2D eigenvalue weighted by molar-refractivity contribution is 5.37. The van der Waals surface area contributed by atoms with Crippen LogP contribution < -0.4 is 4.74 Å². The Balaban J connectivity index is 1.81. The molecule has 4 atom stereocenters. The summed E-state index contributed by atoms with van der Waals surface area (Å²) in [4.78, 5) is 0. The van der Waals surface area contributed by atoms with Gasteiger partial charge in [-0.05, 0) is 38.0 Å². The quantitative estimate of drug-likeness (QED) is 0.835. The Kier molecular flexibility index (Phi) is 2.99. The molecule has 3 rings (SSSR count). The molecule has 0 bridgehead atoms. The van der Waals surface area contributed by atoms with E-state index in [9.17, 15) is 9.50 Å². The lowest BCUT2D eigenvalue weighted by Gasteiger charge is -2.32. The first kappa shape index (κ1) is 11.9. The zero-order chi connectivity index (χ0) is 12.7. The fraction of sp³-hybridized carbons (Fsp3) is 0.571. The number of fused-ring (bicyclic) bond motifs is 1. The van der Waals surface area contributed by atoms with E-state index in [0.717, 1.165) is 12.8 Å². The molecule has 0 aliphatic carbocycles. The Hall–Kier alpha value is -1.13. The standard InChI is InChI=1S/C14H17FO3/c1-8-2-4-13(17-8)14-7-11(16)10-6-9(15)3-5-12(10)18-14/h3,5-6,8,11,13-14,16H,2,4,7H2,1H3/t8?,11-,13?,14?/m0/s1. The van der Waals surface area contributed by atoms with Crippen LogP contribution in [0.25, 0.3) is 0 Å². The summed E-state index contributed by atoms with van der Waals surface area (Å²) in [7, 11) is 0. The SMILES string of the molecule is CC1CCC(C2C[C@H](O)c3cc(F)ccc3O2)O1. The Morgan fingerprint density at radius 2 is 2.11 bits per heavy atom. The topological polar surface area (TPSA) is 38.7 Å². The molecule has 0 saturated carbocycles. The van der Waals surface area contributed by atoms with Crippen molar-refractivity contribution in [2.24, 2.45) is 0 Å². The molecule has 2 aliphatic rings. The summed E-state index contributed by atoms with van der Waals surface area (Å²) in [6.07, 6.45) is 1.93. The molecule has 1 N–H and O–H groups in total. The molecule has 4 heteroatoms. The van der Waals surface area contributed by atoms with Gasteiger partial charge >= 0.3 is 0 Å². The molecule has 98 valence electrons. The summed E-state index contributed by atoms with van der Waals surface area (Å²) in [5, 5.41) is 10.1. The monoisotopic (exact) mass is 252 g/mol. The van der Waals surface area contributed by atoms with Gasteiger partial charge in [0.2, 0.25) is 0 Å². The number of hydrogen-bond donors (Lipinski definition) is 1. The molecule has 0 spiro atoms. The summed E-state index contributed by atoms with van der Waals surface area (Å²) in [5.41, 5.74) is 0.539. The van der Waals surface area contributed by atoms with Crippen LogP contribution in [-0.4, -0.2) is 23.4 Å². The molecular weight excluding hydrogens is 235 g/mol. The number of aliphatic hydroxyl groups excluding tert-OH is 1. The lowest BCUT2D eigenvalue weighted by molar-refractivity contribution is -0.0466. The first-order valence-corrected chi connectivity index (χ1v) is 6.43. The highest BCUT2D eigenvalue weighted by Gasteiger charge is 2.36. The molecule has 0 radical (unpaired) electrons. The number of benzene rings is 1. The fourth-order valence-electron chi connectivity index (χ4n) is 2.78. The number of halogens is 1. The minimum atomic E-state index is -0.672. The second kappa shape index (κ2) is 4.52. The third-order valence-electron chi connectivity index (χ3n) is 3.74. The molecule has 0 amide bonds. The lowest BCUT2D eigenvalue weighted by atomic mass is 9.95. The van der Waals surface area contributed by atoms with Gasteiger partial charge in [0, 0.05) is 12.0 Å². The maximum atomic E-state index is 13.1. The zero-order valence-electron chi connectivity index (χ0n) is 10.3. The van der Waals surface area contributed by atoms with Crippen LogP contribution in [-0.2, 0) is 4.74 Å². The maximum Gasteiger partial charge on any atom is 0.128 e. The molecular formula is C14H17FO3. The minimum absolute atomic E-state index is 0.0350. The van der Waals surface area contributed by atoms with Crippen molar-refractivity contribution in [2.75, 3.05) is 0 Å². The van der Waals surface area contributed by atoms with Crippen LogP contribution in [0, 0.1) is 5.82 Å². The molecule has 2 aliphatic heterocycles. The molecule has 1 fully saturated rings. The van der Waals surface area contributed by atoms with Crippen molar-refractivity contribution in [3.05, 3.63) is 29.6 Å². The van der Waals surface area contributed by atoms with E-state index in [0.29, 0.717) is 17.7 Å².